The topological polar surface area (TPSA) is 159 Å². The fraction of sp³-hybridized carbons (Fsp3) is 0.525. The molecule has 7 fully saturated rings. The van der Waals surface area contributed by atoms with Gasteiger partial charge in [-0.15, -0.1) is 0 Å². The van der Waals surface area contributed by atoms with Crippen molar-refractivity contribution in [2.45, 2.75) is 134 Å². The largest absolute Gasteiger partial charge is 0.459 e. The highest BCUT2D eigenvalue weighted by Gasteiger charge is 2.70. The van der Waals surface area contributed by atoms with E-state index in [-0.39, 0.29) is 62.7 Å². The van der Waals surface area contributed by atoms with E-state index in [0.717, 1.165) is 45.1 Å². The number of fused-ring (bicyclic) bond motifs is 7. The Bertz CT molecular complexity index is 2670. The van der Waals surface area contributed by atoms with E-state index in [0.29, 0.717) is 42.9 Å². The van der Waals surface area contributed by atoms with Crippen LogP contribution in [0.3, 0.4) is 0 Å². The summed E-state index contributed by atoms with van der Waals surface area (Å²) in [4.78, 5) is 71.0. The maximum Gasteiger partial charge on any atom is 0.338 e. The lowest BCUT2D eigenvalue weighted by Crippen LogP contribution is -2.64. The zero-order valence-electron chi connectivity index (χ0n) is 42.7. The second-order valence-corrected chi connectivity index (χ2v) is 22.9. The van der Waals surface area contributed by atoms with Gasteiger partial charge in [0.15, 0.2) is 30.4 Å². The molecule has 11 rings (SSSR count). The summed E-state index contributed by atoms with van der Waals surface area (Å²) in [5.41, 5.74) is 0.640. The van der Waals surface area contributed by atoms with Crippen LogP contribution in [-0.4, -0.2) is 91.6 Å². The van der Waals surface area contributed by atoms with Gasteiger partial charge in [0.2, 0.25) is 0 Å². The van der Waals surface area contributed by atoms with Crippen LogP contribution >= 0.6 is 0 Å². The van der Waals surface area contributed by atoms with Crippen molar-refractivity contribution in [1.29, 1.82) is 0 Å². The van der Waals surface area contributed by atoms with E-state index in [1.54, 1.807) is 121 Å². The SMILES string of the molecule is C[C@@H]1CC[C@@]2(OC1)O[C@H]1C[C@H]3[C@@H]4CC(=O)[C@H]5C[C@@H](O[C@@H]6O[C@H](COC(=O)c7ccccc7)[C@@H](OC(=O)c7ccccc7)[C@H](OC(=O)c7ccccc7)[C@H]6OC(=O)c6ccccc6)CC[C@]5(C)[C@H]4CC[C@]3(C)[C@H]1[C@@H]2C. The van der Waals surface area contributed by atoms with Gasteiger partial charge in [-0.1, -0.05) is 100 Å². The first-order valence-electron chi connectivity index (χ1n) is 26.9. The number of carbonyl (C=O) groups is 5. The van der Waals surface area contributed by atoms with E-state index < -0.39 is 73.1 Å². The van der Waals surface area contributed by atoms with E-state index in [2.05, 4.69) is 27.7 Å². The molecule has 17 atom stereocenters. The number of rotatable bonds is 11. The van der Waals surface area contributed by atoms with Crippen LogP contribution in [0, 0.1) is 52.3 Å². The average molecular weight is 1010 g/mol. The van der Waals surface area contributed by atoms with E-state index in [9.17, 15) is 24.0 Å². The second kappa shape index (κ2) is 20.4. The Labute approximate surface area is 433 Å². The van der Waals surface area contributed by atoms with Crippen LogP contribution in [0.5, 0.6) is 0 Å². The minimum Gasteiger partial charge on any atom is -0.459 e. The van der Waals surface area contributed by atoms with Crippen molar-refractivity contribution >= 4 is 29.7 Å². The molecule has 7 aliphatic rings. The number of hydrogen-bond acceptors (Lipinski definition) is 13. The minimum atomic E-state index is -1.55. The summed E-state index contributed by atoms with van der Waals surface area (Å²) in [6, 6.07) is 33.3. The number of hydrogen-bond donors (Lipinski definition) is 0. The first kappa shape index (κ1) is 50.4. The standard InChI is InChI=1S/C61H68O13/c1-36-25-30-61(68-34-36)37(2)50-48(74-61)33-45-43-32-47(62)46-31-42(26-28-59(46,3)44(43)27-29-60(45,50)4)69-58-53(73-57(66)41-23-15-8-16-24-41)52(72-56(65)40-21-13-7-14-22-40)51(71-55(64)39-19-11-6-12-20-39)49(70-58)35-67-54(63)38-17-9-5-10-18-38/h5-24,36-37,42-46,48-53,58H,25-35H2,1-4H3/t36-,37+,42+,43-,44+,45+,46-,48+,49-,50+,51-,52+,53-,58-,59-,60+,61-/m1/s1. The molecule has 1 spiro atoms. The highest BCUT2D eigenvalue weighted by atomic mass is 16.7. The monoisotopic (exact) mass is 1010 g/mol. The van der Waals surface area contributed by atoms with Gasteiger partial charge in [-0.05, 0) is 134 Å². The van der Waals surface area contributed by atoms with Crippen molar-refractivity contribution in [3.63, 3.8) is 0 Å². The van der Waals surface area contributed by atoms with Gasteiger partial charge in [0.25, 0.3) is 0 Å². The van der Waals surface area contributed by atoms with Gasteiger partial charge in [-0.2, -0.15) is 0 Å². The molecule has 0 amide bonds. The molecule has 3 heterocycles. The van der Waals surface area contributed by atoms with Crippen LogP contribution in [0.1, 0.15) is 127 Å². The summed E-state index contributed by atoms with van der Waals surface area (Å²) >= 11 is 0. The van der Waals surface area contributed by atoms with Crippen LogP contribution in [0.25, 0.3) is 0 Å². The molecular weight excluding hydrogens is 941 g/mol. The third kappa shape index (κ3) is 9.30. The molecule has 13 nitrogen and oxygen atoms in total. The Morgan fingerprint density at radius 2 is 1.15 bits per heavy atom. The van der Waals surface area contributed by atoms with E-state index in [1.807, 2.05) is 0 Å². The molecule has 4 aliphatic carbocycles. The van der Waals surface area contributed by atoms with E-state index in [1.165, 1.54) is 0 Å². The summed E-state index contributed by atoms with van der Waals surface area (Å²) in [5, 5.41) is 0. The van der Waals surface area contributed by atoms with E-state index in [4.69, 9.17) is 37.9 Å². The van der Waals surface area contributed by atoms with Crippen molar-refractivity contribution in [2.24, 2.45) is 52.3 Å². The number of ether oxygens (including phenoxy) is 8. The molecule has 3 aliphatic heterocycles. The average Bonchev–Trinajstić information content (AvgIpc) is 3.87. The number of esters is 4. The molecule has 3 saturated heterocycles. The summed E-state index contributed by atoms with van der Waals surface area (Å²) in [7, 11) is 0. The molecular formula is C61H68O13. The molecule has 390 valence electrons. The summed E-state index contributed by atoms with van der Waals surface area (Å²) in [6.07, 6.45) is -0.438. The van der Waals surface area contributed by atoms with Crippen molar-refractivity contribution in [2.75, 3.05) is 13.2 Å². The third-order valence-electron chi connectivity index (χ3n) is 18.7. The second-order valence-electron chi connectivity index (χ2n) is 22.9. The lowest BCUT2D eigenvalue weighted by molar-refractivity contribution is -0.313. The first-order valence-corrected chi connectivity index (χ1v) is 26.9. The van der Waals surface area contributed by atoms with Gasteiger partial charge < -0.3 is 37.9 Å². The van der Waals surface area contributed by atoms with Crippen LogP contribution in [-0.2, 0) is 42.7 Å². The van der Waals surface area contributed by atoms with Crippen molar-refractivity contribution < 1.29 is 61.9 Å². The zero-order valence-corrected chi connectivity index (χ0v) is 42.7. The van der Waals surface area contributed by atoms with Gasteiger partial charge in [0.1, 0.15) is 18.5 Å². The maximum absolute atomic E-state index is 14.9. The minimum absolute atomic E-state index is 0.0508. The molecule has 0 radical (unpaired) electrons. The fourth-order valence-corrected chi connectivity index (χ4v) is 15.0. The number of Topliss-reactive ketones (excluding diaryl/α,β-unsaturated/α-hetero) is 1. The molecule has 4 saturated carbocycles. The molecule has 74 heavy (non-hydrogen) atoms. The molecule has 4 aromatic rings. The quantitative estimate of drug-likeness (QED) is 0.0794. The Hall–Kier alpha value is -5.73. The highest BCUT2D eigenvalue weighted by molar-refractivity contribution is 5.91. The van der Waals surface area contributed by atoms with Gasteiger partial charge >= 0.3 is 23.9 Å². The van der Waals surface area contributed by atoms with Crippen LogP contribution in [0.2, 0.25) is 0 Å². The van der Waals surface area contributed by atoms with Crippen molar-refractivity contribution in [3.05, 3.63) is 144 Å². The number of carbonyl (C=O) groups excluding carboxylic acids is 5. The van der Waals surface area contributed by atoms with E-state index >= 15 is 0 Å². The highest BCUT2D eigenvalue weighted by Crippen LogP contribution is 2.71. The third-order valence-corrected chi connectivity index (χ3v) is 18.7. The molecule has 0 N–H and O–H groups in total. The Morgan fingerprint density at radius 1 is 0.608 bits per heavy atom. The predicted octanol–water partition coefficient (Wildman–Crippen LogP) is 10.3. The summed E-state index contributed by atoms with van der Waals surface area (Å²) in [5.74, 6) is -1.41. The fourth-order valence-electron chi connectivity index (χ4n) is 15.0. The van der Waals surface area contributed by atoms with Crippen LogP contribution < -0.4 is 0 Å². The summed E-state index contributed by atoms with van der Waals surface area (Å²) in [6.45, 7) is 9.66. The molecule has 13 heteroatoms. The molecule has 0 unspecified atom stereocenters. The lowest BCUT2D eigenvalue weighted by atomic mass is 9.44. The van der Waals surface area contributed by atoms with Gasteiger partial charge in [0, 0.05) is 24.7 Å². The van der Waals surface area contributed by atoms with Crippen LogP contribution in [0.4, 0.5) is 0 Å². The van der Waals surface area contributed by atoms with Crippen LogP contribution in [0.15, 0.2) is 121 Å². The summed E-state index contributed by atoms with van der Waals surface area (Å²) < 4.78 is 52.2. The van der Waals surface area contributed by atoms with Gasteiger partial charge in [-0.25, -0.2) is 19.2 Å². The predicted molar refractivity (Wildman–Crippen MR) is 269 cm³/mol. The van der Waals surface area contributed by atoms with Gasteiger partial charge in [-0.3, -0.25) is 4.79 Å². The van der Waals surface area contributed by atoms with Gasteiger partial charge in [0.05, 0.1) is 41.1 Å². The normalized spacial score (nSPS) is 38.1. The zero-order chi connectivity index (χ0) is 51.4. The molecule has 0 aromatic heterocycles. The maximum atomic E-state index is 14.9. The Morgan fingerprint density at radius 3 is 1.72 bits per heavy atom. The van der Waals surface area contributed by atoms with Crippen molar-refractivity contribution in [3.8, 4) is 0 Å². The Kier molecular flexibility index (Phi) is 13.9. The Balaban J connectivity index is 0.887. The first-order chi connectivity index (χ1) is 35.7. The van der Waals surface area contributed by atoms with Crippen molar-refractivity contribution in [1.82, 2.24) is 0 Å². The molecule has 4 aromatic carbocycles. The molecule has 0 bridgehead atoms. The number of ketones is 1. The smallest absolute Gasteiger partial charge is 0.338 e. The number of benzene rings is 4. The lowest BCUT2D eigenvalue weighted by Gasteiger charge is -2.60.